The van der Waals surface area contributed by atoms with Gasteiger partial charge in [-0.2, -0.15) is 0 Å². The van der Waals surface area contributed by atoms with Gasteiger partial charge in [0.1, 0.15) is 6.54 Å². The molecule has 4 rings (SSSR count). The van der Waals surface area contributed by atoms with E-state index in [9.17, 15) is 9.59 Å². The summed E-state index contributed by atoms with van der Waals surface area (Å²) < 4.78 is 18.1. The van der Waals surface area contributed by atoms with E-state index in [4.69, 9.17) is 14.2 Å². The number of para-hydroxylation sites is 1. The molecule has 0 fully saturated rings. The first-order valence-electron chi connectivity index (χ1n) is 9.89. The quantitative estimate of drug-likeness (QED) is 0.656. The largest absolute Gasteiger partial charge is 0.490 e. The SMILES string of the molecule is COC(=O)c1cn(CC(=O)NCc2cc3c(cc2C)OCCCO3)c2ccccc12. The number of nitrogens with one attached hydrogen (secondary N) is 1. The minimum atomic E-state index is -0.423. The Morgan fingerprint density at radius 1 is 1.13 bits per heavy atom. The lowest BCUT2D eigenvalue weighted by molar-refractivity contribution is -0.121. The minimum Gasteiger partial charge on any atom is -0.490 e. The summed E-state index contributed by atoms with van der Waals surface area (Å²) in [4.78, 5) is 24.7. The molecule has 1 amide bonds. The highest BCUT2D eigenvalue weighted by molar-refractivity contribution is 6.04. The van der Waals surface area contributed by atoms with Gasteiger partial charge in [-0.1, -0.05) is 18.2 Å². The normalized spacial score (nSPS) is 13.0. The number of aromatic nitrogens is 1. The van der Waals surface area contributed by atoms with Crippen LogP contribution >= 0.6 is 0 Å². The second kappa shape index (κ2) is 8.49. The molecule has 7 heteroatoms. The summed E-state index contributed by atoms with van der Waals surface area (Å²) in [5.74, 6) is 0.877. The minimum absolute atomic E-state index is 0.0983. The lowest BCUT2D eigenvalue weighted by atomic mass is 10.1. The Labute approximate surface area is 174 Å². The Morgan fingerprint density at radius 2 is 1.87 bits per heavy atom. The van der Waals surface area contributed by atoms with E-state index in [2.05, 4.69) is 5.32 Å². The summed E-state index contributed by atoms with van der Waals surface area (Å²) in [5, 5.41) is 3.72. The van der Waals surface area contributed by atoms with Gasteiger partial charge in [-0.15, -0.1) is 0 Å². The molecule has 0 spiro atoms. The second-order valence-corrected chi connectivity index (χ2v) is 7.23. The van der Waals surface area contributed by atoms with Gasteiger partial charge < -0.3 is 24.1 Å². The van der Waals surface area contributed by atoms with E-state index < -0.39 is 5.97 Å². The maximum atomic E-state index is 12.6. The van der Waals surface area contributed by atoms with E-state index in [-0.39, 0.29) is 12.5 Å². The number of esters is 1. The van der Waals surface area contributed by atoms with Gasteiger partial charge in [0.2, 0.25) is 5.91 Å². The number of aryl methyl sites for hydroxylation is 1. The van der Waals surface area contributed by atoms with Crippen molar-refractivity contribution in [3.05, 3.63) is 59.3 Å². The van der Waals surface area contributed by atoms with Crippen LogP contribution in [0.2, 0.25) is 0 Å². The van der Waals surface area contributed by atoms with Crippen LogP contribution < -0.4 is 14.8 Å². The van der Waals surface area contributed by atoms with Crippen LogP contribution in [0, 0.1) is 6.92 Å². The number of amides is 1. The molecule has 1 aliphatic rings. The number of methoxy groups -OCH3 is 1. The number of hydrogen-bond acceptors (Lipinski definition) is 5. The molecular formula is C23H24N2O5. The predicted molar refractivity (Wildman–Crippen MR) is 112 cm³/mol. The van der Waals surface area contributed by atoms with Gasteiger partial charge >= 0.3 is 5.97 Å². The van der Waals surface area contributed by atoms with E-state index >= 15 is 0 Å². The van der Waals surface area contributed by atoms with Crippen LogP contribution in [0.1, 0.15) is 27.9 Å². The van der Waals surface area contributed by atoms with E-state index in [1.54, 1.807) is 10.8 Å². The third-order valence-corrected chi connectivity index (χ3v) is 5.19. The zero-order valence-electron chi connectivity index (χ0n) is 17.1. The monoisotopic (exact) mass is 408 g/mol. The van der Waals surface area contributed by atoms with Gasteiger partial charge in [-0.25, -0.2) is 4.79 Å². The average Bonchev–Trinajstić information content (AvgIpc) is 2.95. The molecule has 7 nitrogen and oxygen atoms in total. The lowest BCUT2D eigenvalue weighted by Crippen LogP contribution is -2.27. The summed E-state index contributed by atoms with van der Waals surface area (Å²) in [7, 11) is 1.35. The van der Waals surface area contributed by atoms with Crippen molar-refractivity contribution in [3.8, 4) is 11.5 Å². The standard InChI is InChI=1S/C23H24N2O5/c1-15-10-20-21(30-9-5-8-29-20)11-16(15)12-24-22(26)14-25-13-18(23(27)28-2)17-6-3-4-7-19(17)25/h3-4,6-7,10-11,13H,5,8-9,12,14H2,1-2H3,(H,24,26). The van der Waals surface area contributed by atoms with Crippen molar-refractivity contribution in [2.45, 2.75) is 26.4 Å². The fourth-order valence-electron chi connectivity index (χ4n) is 3.60. The molecule has 156 valence electrons. The van der Waals surface area contributed by atoms with Gasteiger partial charge in [0.05, 0.1) is 25.9 Å². The van der Waals surface area contributed by atoms with Crippen molar-refractivity contribution < 1.29 is 23.8 Å². The first kappa shape index (κ1) is 19.8. The first-order chi connectivity index (χ1) is 14.6. The molecule has 0 saturated carbocycles. The summed E-state index contributed by atoms with van der Waals surface area (Å²) in [5.41, 5.74) is 3.25. The number of hydrogen-bond donors (Lipinski definition) is 1. The van der Waals surface area contributed by atoms with Gasteiger partial charge in [-0.3, -0.25) is 4.79 Å². The van der Waals surface area contributed by atoms with Crippen molar-refractivity contribution in [1.82, 2.24) is 9.88 Å². The molecular weight excluding hydrogens is 384 g/mol. The third kappa shape index (κ3) is 3.96. The maximum Gasteiger partial charge on any atom is 0.340 e. The summed E-state index contributed by atoms with van der Waals surface area (Å²) >= 11 is 0. The van der Waals surface area contributed by atoms with Crippen molar-refractivity contribution >= 4 is 22.8 Å². The molecule has 0 unspecified atom stereocenters. The van der Waals surface area contributed by atoms with Crippen molar-refractivity contribution in [2.75, 3.05) is 20.3 Å². The molecule has 0 radical (unpaired) electrons. The van der Waals surface area contributed by atoms with Crippen LogP contribution in [-0.4, -0.2) is 36.8 Å². The van der Waals surface area contributed by atoms with Crippen molar-refractivity contribution in [3.63, 3.8) is 0 Å². The Kier molecular flexibility index (Phi) is 5.61. The van der Waals surface area contributed by atoms with Gasteiger partial charge in [-0.05, 0) is 36.2 Å². The first-order valence-corrected chi connectivity index (χ1v) is 9.89. The fourth-order valence-corrected chi connectivity index (χ4v) is 3.60. The zero-order valence-corrected chi connectivity index (χ0v) is 17.1. The smallest absolute Gasteiger partial charge is 0.340 e. The number of fused-ring (bicyclic) bond motifs is 2. The molecule has 3 aromatic rings. The highest BCUT2D eigenvalue weighted by Crippen LogP contribution is 2.32. The van der Waals surface area contributed by atoms with Crippen LogP contribution in [0.15, 0.2) is 42.6 Å². The highest BCUT2D eigenvalue weighted by Gasteiger charge is 2.17. The van der Waals surface area contributed by atoms with Crippen LogP contribution in [0.3, 0.4) is 0 Å². The van der Waals surface area contributed by atoms with Gasteiger partial charge in [0.15, 0.2) is 11.5 Å². The zero-order chi connectivity index (χ0) is 21.1. The molecule has 0 aliphatic carbocycles. The Bertz CT molecular complexity index is 1100. The Hall–Kier alpha value is -3.48. The van der Waals surface area contributed by atoms with E-state index in [0.717, 1.165) is 34.2 Å². The van der Waals surface area contributed by atoms with Crippen molar-refractivity contribution in [1.29, 1.82) is 0 Å². The Balaban J connectivity index is 1.48. The topological polar surface area (TPSA) is 78.8 Å². The summed E-state index contributed by atoms with van der Waals surface area (Å²) in [6, 6.07) is 11.3. The van der Waals surface area contributed by atoms with Crippen LogP contribution in [0.5, 0.6) is 11.5 Å². The average molecular weight is 408 g/mol. The summed E-state index contributed by atoms with van der Waals surface area (Å²) in [6.45, 7) is 3.72. The summed E-state index contributed by atoms with van der Waals surface area (Å²) in [6.07, 6.45) is 2.51. The van der Waals surface area contributed by atoms with Gasteiger partial charge in [0, 0.05) is 30.1 Å². The molecule has 2 heterocycles. The number of rotatable bonds is 5. The van der Waals surface area contributed by atoms with Gasteiger partial charge in [0.25, 0.3) is 0 Å². The van der Waals surface area contributed by atoms with Crippen LogP contribution in [0.25, 0.3) is 10.9 Å². The van der Waals surface area contributed by atoms with E-state index in [0.29, 0.717) is 31.1 Å². The number of carbonyl (C=O) groups is 2. The van der Waals surface area contributed by atoms with Crippen LogP contribution in [0.4, 0.5) is 0 Å². The highest BCUT2D eigenvalue weighted by atomic mass is 16.5. The molecule has 2 aromatic carbocycles. The van der Waals surface area contributed by atoms with E-state index in [1.807, 2.05) is 43.3 Å². The molecule has 1 N–H and O–H groups in total. The van der Waals surface area contributed by atoms with Crippen molar-refractivity contribution in [2.24, 2.45) is 0 Å². The predicted octanol–water partition coefficient (Wildman–Crippen LogP) is 3.21. The molecule has 1 aromatic heterocycles. The second-order valence-electron chi connectivity index (χ2n) is 7.23. The number of ether oxygens (including phenoxy) is 3. The van der Waals surface area contributed by atoms with Crippen LogP contribution in [-0.2, 0) is 22.6 Å². The maximum absolute atomic E-state index is 12.6. The fraction of sp³-hybridized carbons (Fsp3) is 0.304. The molecule has 30 heavy (non-hydrogen) atoms. The number of carbonyl (C=O) groups excluding carboxylic acids is 2. The molecule has 0 atom stereocenters. The Morgan fingerprint density at radius 3 is 2.63 bits per heavy atom. The lowest BCUT2D eigenvalue weighted by Gasteiger charge is -2.13. The molecule has 1 aliphatic heterocycles. The van der Waals surface area contributed by atoms with E-state index in [1.165, 1.54) is 7.11 Å². The third-order valence-electron chi connectivity index (χ3n) is 5.19. The number of benzene rings is 2. The number of nitrogens with zero attached hydrogens (tertiary/aromatic N) is 1. The molecule has 0 bridgehead atoms. The molecule has 0 saturated heterocycles.